The van der Waals surface area contributed by atoms with E-state index in [9.17, 15) is 4.79 Å². The standard InChI is InChI=1S/C12H20N4OS/c1-13-12(17)8-16-4-2-10(3-5-16)15-7-11-6-14-9-18-11/h6,9-10,15H,2-5,7-8H2,1H3,(H,13,17). The van der Waals surface area contributed by atoms with Crippen molar-refractivity contribution in [2.24, 2.45) is 0 Å². The molecule has 2 heterocycles. The average molecular weight is 268 g/mol. The summed E-state index contributed by atoms with van der Waals surface area (Å²) >= 11 is 1.69. The third-order valence-corrected chi connectivity index (χ3v) is 4.06. The summed E-state index contributed by atoms with van der Waals surface area (Å²) in [6.45, 7) is 3.42. The topological polar surface area (TPSA) is 57.3 Å². The molecule has 0 aromatic carbocycles. The highest BCUT2D eigenvalue weighted by atomic mass is 32.1. The molecule has 0 spiro atoms. The number of amides is 1. The van der Waals surface area contributed by atoms with E-state index >= 15 is 0 Å². The molecule has 2 N–H and O–H groups in total. The van der Waals surface area contributed by atoms with Crippen molar-refractivity contribution >= 4 is 17.2 Å². The van der Waals surface area contributed by atoms with Gasteiger partial charge in [0.25, 0.3) is 0 Å². The van der Waals surface area contributed by atoms with Crippen LogP contribution in [-0.2, 0) is 11.3 Å². The van der Waals surface area contributed by atoms with Crippen LogP contribution in [0.2, 0.25) is 0 Å². The highest BCUT2D eigenvalue weighted by molar-refractivity contribution is 7.09. The number of aromatic nitrogens is 1. The summed E-state index contributed by atoms with van der Waals surface area (Å²) in [5, 5.41) is 6.22. The number of rotatable bonds is 5. The van der Waals surface area contributed by atoms with Crippen molar-refractivity contribution in [1.29, 1.82) is 0 Å². The molecule has 0 radical (unpaired) electrons. The molecule has 1 aliphatic heterocycles. The molecule has 0 saturated carbocycles. The maximum absolute atomic E-state index is 11.3. The first-order chi connectivity index (χ1) is 8.78. The van der Waals surface area contributed by atoms with Crippen molar-refractivity contribution in [3.63, 3.8) is 0 Å². The van der Waals surface area contributed by atoms with Crippen molar-refractivity contribution in [3.8, 4) is 0 Å². The van der Waals surface area contributed by atoms with Crippen molar-refractivity contribution in [2.75, 3.05) is 26.7 Å². The van der Waals surface area contributed by atoms with E-state index in [-0.39, 0.29) is 5.91 Å². The third-order valence-electron chi connectivity index (χ3n) is 3.28. The number of likely N-dealkylation sites (tertiary alicyclic amines) is 1. The zero-order valence-electron chi connectivity index (χ0n) is 10.7. The third kappa shape index (κ3) is 4.04. The molecule has 1 amide bonds. The molecule has 1 fully saturated rings. The Balaban J connectivity index is 1.65. The van der Waals surface area contributed by atoms with Gasteiger partial charge in [0.05, 0.1) is 12.1 Å². The summed E-state index contributed by atoms with van der Waals surface area (Å²) in [7, 11) is 1.69. The van der Waals surface area contributed by atoms with E-state index in [0.29, 0.717) is 12.6 Å². The highest BCUT2D eigenvalue weighted by Gasteiger charge is 2.19. The number of carbonyl (C=O) groups is 1. The summed E-state index contributed by atoms with van der Waals surface area (Å²) in [6.07, 6.45) is 4.13. The Morgan fingerprint density at radius 3 is 2.94 bits per heavy atom. The molecular weight excluding hydrogens is 248 g/mol. The SMILES string of the molecule is CNC(=O)CN1CCC(NCc2cncs2)CC1. The molecule has 1 aromatic rings. The monoisotopic (exact) mass is 268 g/mol. The Morgan fingerprint density at radius 2 is 2.33 bits per heavy atom. The van der Waals surface area contributed by atoms with Gasteiger partial charge in [-0.25, -0.2) is 0 Å². The molecule has 1 saturated heterocycles. The van der Waals surface area contributed by atoms with Gasteiger partial charge in [0.2, 0.25) is 5.91 Å². The van der Waals surface area contributed by atoms with Gasteiger partial charge in [-0.3, -0.25) is 14.7 Å². The van der Waals surface area contributed by atoms with Gasteiger partial charge in [-0.2, -0.15) is 0 Å². The molecule has 0 bridgehead atoms. The largest absolute Gasteiger partial charge is 0.358 e. The quantitative estimate of drug-likeness (QED) is 0.814. The molecule has 0 aliphatic carbocycles. The molecule has 6 heteroatoms. The predicted molar refractivity (Wildman–Crippen MR) is 72.5 cm³/mol. The van der Waals surface area contributed by atoms with Gasteiger partial charge >= 0.3 is 0 Å². The summed E-state index contributed by atoms with van der Waals surface area (Å²) in [4.78, 5) is 18.8. The lowest BCUT2D eigenvalue weighted by Gasteiger charge is -2.31. The van der Waals surface area contributed by atoms with Crippen LogP contribution in [0.25, 0.3) is 0 Å². The van der Waals surface area contributed by atoms with Crippen LogP contribution < -0.4 is 10.6 Å². The Hall–Kier alpha value is -0.980. The molecule has 0 unspecified atom stereocenters. The van der Waals surface area contributed by atoms with Crippen LogP contribution in [0.15, 0.2) is 11.7 Å². The Labute approximate surface area is 112 Å². The molecule has 18 heavy (non-hydrogen) atoms. The van der Waals surface area contributed by atoms with Gasteiger partial charge in [-0.05, 0) is 12.8 Å². The highest BCUT2D eigenvalue weighted by Crippen LogP contribution is 2.12. The molecule has 1 aromatic heterocycles. The number of carbonyl (C=O) groups excluding carboxylic acids is 1. The number of thiazole rings is 1. The van der Waals surface area contributed by atoms with Crippen molar-refractivity contribution < 1.29 is 4.79 Å². The van der Waals surface area contributed by atoms with Crippen molar-refractivity contribution in [3.05, 3.63) is 16.6 Å². The zero-order chi connectivity index (χ0) is 12.8. The number of nitrogens with zero attached hydrogens (tertiary/aromatic N) is 2. The molecular formula is C12H20N4OS. The van der Waals surface area contributed by atoms with Crippen molar-refractivity contribution in [1.82, 2.24) is 20.5 Å². The average Bonchev–Trinajstić information content (AvgIpc) is 2.91. The van der Waals surface area contributed by atoms with Crippen LogP contribution >= 0.6 is 11.3 Å². The zero-order valence-corrected chi connectivity index (χ0v) is 11.5. The van der Waals surface area contributed by atoms with E-state index in [1.807, 2.05) is 11.7 Å². The lowest BCUT2D eigenvalue weighted by atomic mass is 10.1. The summed E-state index contributed by atoms with van der Waals surface area (Å²) in [6, 6.07) is 0.563. The Kier molecular flexibility index (Phi) is 5.10. The van der Waals surface area contributed by atoms with Crippen LogP contribution in [0.3, 0.4) is 0 Å². The first-order valence-corrected chi connectivity index (χ1v) is 7.19. The lowest BCUT2D eigenvalue weighted by Crippen LogP contribution is -2.45. The number of hydrogen-bond acceptors (Lipinski definition) is 5. The maximum Gasteiger partial charge on any atom is 0.233 e. The minimum Gasteiger partial charge on any atom is -0.358 e. The fraction of sp³-hybridized carbons (Fsp3) is 0.667. The van der Waals surface area contributed by atoms with E-state index in [1.165, 1.54) is 4.88 Å². The molecule has 2 rings (SSSR count). The van der Waals surface area contributed by atoms with E-state index in [1.54, 1.807) is 18.4 Å². The molecule has 0 atom stereocenters. The number of nitrogens with one attached hydrogen (secondary N) is 2. The van der Waals surface area contributed by atoms with Gasteiger partial charge in [0.15, 0.2) is 0 Å². The predicted octanol–water partition coefficient (Wildman–Crippen LogP) is 0.443. The smallest absolute Gasteiger partial charge is 0.233 e. The Bertz CT molecular complexity index is 360. The van der Waals surface area contributed by atoms with Crippen molar-refractivity contribution in [2.45, 2.75) is 25.4 Å². The molecule has 1 aliphatic rings. The summed E-state index contributed by atoms with van der Waals surface area (Å²) < 4.78 is 0. The van der Waals surface area contributed by atoms with Gasteiger partial charge in [-0.15, -0.1) is 11.3 Å². The Morgan fingerprint density at radius 1 is 1.56 bits per heavy atom. The second kappa shape index (κ2) is 6.82. The summed E-state index contributed by atoms with van der Waals surface area (Å²) in [5.41, 5.74) is 1.86. The van der Waals surface area contributed by atoms with Crippen LogP contribution in [-0.4, -0.2) is 48.5 Å². The number of piperidine rings is 1. The second-order valence-electron chi connectivity index (χ2n) is 4.57. The maximum atomic E-state index is 11.3. The normalized spacial score (nSPS) is 17.8. The van der Waals surface area contributed by atoms with Gasteiger partial charge < -0.3 is 10.6 Å². The van der Waals surface area contributed by atoms with E-state index < -0.39 is 0 Å². The van der Waals surface area contributed by atoms with Gasteiger partial charge in [0.1, 0.15) is 0 Å². The van der Waals surface area contributed by atoms with Gasteiger partial charge in [0, 0.05) is 43.8 Å². The minimum absolute atomic E-state index is 0.103. The second-order valence-corrected chi connectivity index (χ2v) is 5.54. The first-order valence-electron chi connectivity index (χ1n) is 6.31. The molecule has 100 valence electrons. The fourth-order valence-corrected chi connectivity index (χ4v) is 2.70. The fourth-order valence-electron chi connectivity index (χ4n) is 2.15. The lowest BCUT2D eigenvalue weighted by molar-refractivity contribution is -0.122. The van der Waals surface area contributed by atoms with Crippen LogP contribution in [0.1, 0.15) is 17.7 Å². The van der Waals surface area contributed by atoms with Gasteiger partial charge in [-0.1, -0.05) is 0 Å². The molecule has 5 nitrogen and oxygen atoms in total. The number of hydrogen-bond donors (Lipinski definition) is 2. The minimum atomic E-state index is 0.103. The summed E-state index contributed by atoms with van der Waals surface area (Å²) in [5.74, 6) is 0.103. The van der Waals surface area contributed by atoms with E-state index in [4.69, 9.17) is 0 Å². The van der Waals surface area contributed by atoms with E-state index in [2.05, 4.69) is 20.5 Å². The number of likely N-dealkylation sites (N-methyl/N-ethyl adjacent to an activating group) is 1. The van der Waals surface area contributed by atoms with Crippen LogP contribution in [0, 0.1) is 0 Å². The van der Waals surface area contributed by atoms with Crippen LogP contribution in [0.4, 0.5) is 0 Å². The van der Waals surface area contributed by atoms with Crippen LogP contribution in [0.5, 0.6) is 0 Å². The first kappa shape index (κ1) is 13.5. The van der Waals surface area contributed by atoms with E-state index in [0.717, 1.165) is 32.5 Å².